The second-order valence-electron chi connectivity index (χ2n) is 8.03. The van der Waals surface area contributed by atoms with E-state index in [0.29, 0.717) is 21.9 Å². The standard InChI is InChI=1S/C27H23BrN2O4S/c1-17-11-12-21(13-18(17)2)29-25(31)16-34-23-10-6-4-7-19(23)14-24-26(32)30(27(33)35-24)15-20-8-3-5-9-22(20)28/h3-14H,15-16H2,1-2H3,(H,29,31)/b24-14-. The number of aryl methyl sites for hydroxylation is 2. The van der Waals surface area contributed by atoms with E-state index in [2.05, 4.69) is 21.2 Å². The number of rotatable bonds is 7. The number of amides is 3. The van der Waals surface area contributed by atoms with Crippen LogP contribution >= 0.6 is 27.7 Å². The van der Waals surface area contributed by atoms with Crippen molar-refractivity contribution in [3.8, 4) is 5.75 Å². The van der Waals surface area contributed by atoms with E-state index in [-0.39, 0.29) is 30.2 Å². The third-order valence-corrected chi connectivity index (χ3v) is 7.20. The molecule has 3 aromatic rings. The Morgan fingerprint density at radius 2 is 1.77 bits per heavy atom. The maximum atomic E-state index is 13.0. The zero-order valence-corrected chi connectivity index (χ0v) is 21.6. The van der Waals surface area contributed by atoms with Gasteiger partial charge in [-0.3, -0.25) is 19.3 Å². The first-order valence-corrected chi connectivity index (χ1v) is 12.5. The number of carbonyl (C=O) groups is 3. The van der Waals surface area contributed by atoms with Crippen molar-refractivity contribution in [2.24, 2.45) is 0 Å². The van der Waals surface area contributed by atoms with E-state index in [1.54, 1.807) is 30.3 Å². The number of anilines is 1. The van der Waals surface area contributed by atoms with Gasteiger partial charge in [-0.2, -0.15) is 0 Å². The van der Waals surface area contributed by atoms with Gasteiger partial charge in [-0.05, 0) is 72.6 Å². The van der Waals surface area contributed by atoms with E-state index >= 15 is 0 Å². The Kier molecular flexibility index (Phi) is 7.73. The van der Waals surface area contributed by atoms with Crippen LogP contribution in [0.25, 0.3) is 6.08 Å². The van der Waals surface area contributed by atoms with Gasteiger partial charge < -0.3 is 10.1 Å². The molecule has 3 aromatic carbocycles. The van der Waals surface area contributed by atoms with E-state index in [4.69, 9.17) is 4.74 Å². The topological polar surface area (TPSA) is 75.7 Å². The molecule has 1 aliphatic heterocycles. The van der Waals surface area contributed by atoms with Crippen LogP contribution in [0.5, 0.6) is 5.75 Å². The molecule has 1 aliphatic rings. The number of carbonyl (C=O) groups excluding carboxylic acids is 3. The number of para-hydroxylation sites is 1. The number of ether oxygens (including phenoxy) is 1. The Balaban J connectivity index is 1.44. The zero-order chi connectivity index (χ0) is 24.9. The highest BCUT2D eigenvalue weighted by molar-refractivity contribution is 9.10. The van der Waals surface area contributed by atoms with Crippen molar-refractivity contribution in [3.05, 3.63) is 98.4 Å². The Hall–Kier alpha value is -3.36. The fourth-order valence-corrected chi connectivity index (χ4v) is 4.70. The van der Waals surface area contributed by atoms with Crippen molar-refractivity contribution in [2.75, 3.05) is 11.9 Å². The van der Waals surface area contributed by atoms with Gasteiger partial charge in [0.15, 0.2) is 6.61 Å². The molecule has 4 rings (SSSR count). The van der Waals surface area contributed by atoms with Crippen LogP contribution in [0.15, 0.2) is 76.1 Å². The lowest BCUT2D eigenvalue weighted by Gasteiger charge is -2.13. The number of halogens is 1. The molecule has 1 N–H and O–H groups in total. The van der Waals surface area contributed by atoms with E-state index in [1.165, 1.54) is 4.90 Å². The van der Waals surface area contributed by atoms with Crippen LogP contribution in [-0.4, -0.2) is 28.6 Å². The van der Waals surface area contributed by atoms with E-state index in [0.717, 1.165) is 32.9 Å². The summed E-state index contributed by atoms with van der Waals surface area (Å²) in [7, 11) is 0. The lowest BCUT2D eigenvalue weighted by Crippen LogP contribution is -2.27. The largest absolute Gasteiger partial charge is 0.483 e. The Bertz CT molecular complexity index is 1340. The molecule has 6 nitrogen and oxygen atoms in total. The third kappa shape index (κ3) is 6.01. The minimum Gasteiger partial charge on any atom is -0.483 e. The first kappa shape index (κ1) is 24.8. The summed E-state index contributed by atoms with van der Waals surface area (Å²) in [5, 5.41) is 2.50. The summed E-state index contributed by atoms with van der Waals surface area (Å²) in [5.41, 5.74) is 4.39. The molecule has 0 bridgehead atoms. The van der Waals surface area contributed by atoms with E-state index < -0.39 is 0 Å². The van der Waals surface area contributed by atoms with E-state index in [9.17, 15) is 14.4 Å². The van der Waals surface area contributed by atoms with Gasteiger partial charge in [0.05, 0.1) is 11.4 Å². The Morgan fingerprint density at radius 1 is 1.03 bits per heavy atom. The van der Waals surface area contributed by atoms with Gasteiger partial charge in [0.2, 0.25) is 0 Å². The van der Waals surface area contributed by atoms with Crippen molar-refractivity contribution in [1.29, 1.82) is 0 Å². The summed E-state index contributed by atoms with van der Waals surface area (Å²) in [5.74, 6) is -0.213. The van der Waals surface area contributed by atoms with Crippen molar-refractivity contribution in [1.82, 2.24) is 4.90 Å². The molecule has 0 atom stereocenters. The van der Waals surface area contributed by atoms with Crippen LogP contribution in [-0.2, 0) is 16.1 Å². The summed E-state index contributed by atoms with van der Waals surface area (Å²) in [4.78, 5) is 39.4. The monoisotopic (exact) mass is 550 g/mol. The lowest BCUT2D eigenvalue weighted by atomic mass is 10.1. The van der Waals surface area contributed by atoms with E-state index in [1.807, 2.05) is 56.3 Å². The summed E-state index contributed by atoms with van der Waals surface area (Å²) >= 11 is 4.35. The summed E-state index contributed by atoms with van der Waals surface area (Å²) in [6.07, 6.45) is 1.63. The number of nitrogens with zero attached hydrogens (tertiary/aromatic N) is 1. The Labute approximate surface area is 216 Å². The number of hydrogen-bond donors (Lipinski definition) is 1. The second kappa shape index (κ2) is 10.9. The van der Waals surface area contributed by atoms with Crippen molar-refractivity contribution >= 4 is 56.5 Å². The predicted molar refractivity (Wildman–Crippen MR) is 142 cm³/mol. The maximum absolute atomic E-state index is 13.0. The summed E-state index contributed by atoms with van der Waals surface area (Å²) in [6, 6.07) is 20.3. The quantitative estimate of drug-likeness (QED) is 0.348. The highest BCUT2D eigenvalue weighted by Crippen LogP contribution is 2.35. The van der Waals surface area contributed by atoms with Gasteiger partial charge in [-0.15, -0.1) is 0 Å². The van der Waals surface area contributed by atoms with Crippen LogP contribution in [0.3, 0.4) is 0 Å². The fourth-order valence-electron chi connectivity index (χ4n) is 3.47. The molecule has 0 aromatic heterocycles. The number of hydrogen-bond acceptors (Lipinski definition) is 5. The fraction of sp³-hybridized carbons (Fsp3) is 0.148. The first-order chi connectivity index (χ1) is 16.8. The minimum absolute atomic E-state index is 0.181. The Morgan fingerprint density at radius 3 is 2.54 bits per heavy atom. The average molecular weight is 551 g/mol. The van der Waals surface area contributed by atoms with Crippen LogP contribution in [0.2, 0.25) is 0 Å². The van der Waals surface area contributed by atoms with Gasteiger partial charge in [-0.25, -0.2) is 0 Å². The van der Waals surface area contributed by atoms with Gasteiger partial charge in [0.25, 0.3) is 17.1 Å². The van der Waals surface area contributed by atoms with Gasteiger partial charge in [0, 0.05) is 15.7 Å². The molecule has 35 heavy (non-hydrogen) atoms. The maximum Gasteiger partial charge on any atom is 0.293 e. The highest BCUT2D eigenvalue weighted by Gasteiger charge is 2.35. The lowest BCUT2D eigenvalue weighted by molar-refractivity contribution is -0.123. The molecule has 8 heteroatoms. The van der Waals surface area contributed by atoms with Gasteiger partial charge in [-0.1, -0.05) is 58.4 Å². The van der Waals surface area contributed by atoms with Crippen LogP contribution < -0.4 is 10.1 Å². The van der Waals surface area contributed by atoms with Crippen LogP contribution in [0.4, 0.5) is 10.5 Å². The molecular weight excluding hydrogens is 528 g/mol. The zero-order valence-electron chi connectivity index (χ0n) is 19.2. The first-order valence-electron chi connectivity index (χ1n) is 10.9. The smallest absolute Gasteiger partial charge is 0.293 e. The number of nitrogens with one attached hydrogen (secondary N) is 1. The SMILES string of the molecule is Cc1ccc(NC(=O)COc2ccccc2/C=C2\SC(=O)N(Cc3ccccc3Br)C2=O)cc1C. The third-order valence-electron chi connectivity index (χ3n) is 5.51. The molecule has 3 amide bonds. The number of thioether (sulfide) groups is 1. The molecule has 0 radical (unpaired) electrons. The minimum atomic E-state index is -0.363. The summed E-state index contributed by atoms with van der Waals surface area (Å²) in [6.45, 7) is 3.98. The van der Waals surface area contributed by atoms with Crippen molar-refractivity contribution in [2.45, 2.75) is 20.4 Å². The molecule has 1 fully saturated rings. The predicted octanol–water partition coefficient (Wildman–Crippen LogP) is 6.32. The molecule has 178 valence electrons. The molecule has 0 aliphatic carbocycles. The molecule has 0 saturated carbocycles. The second-order valence-corrected chi connectivity index (χ2v) is 9.88. The normalized spacial score (nSPS) is 14.5. The number of benzene rings is 3. The number of imide groups is 1. The van der Waals surface area contributed by atoms with Gasteiger partial charge >= 0.3 is 0 Å². The van der Waals surface area contributed by atoms with Crippen LogP contribution in [0.1, 0.15) is 22.3 Å². The van der Waals surface area contributed by atoms with Gasteiger partial charge in [0.1, 0.15) is 5.75 Å². The molecule has 1 heterocycles. The summed E-state index contributed by atoms with van der Waals surface area (Å²) < 4.78 is 6.59. The van der Waals surface area contributed by atoms with Crippen LogP contribution in [0, 0.1) is 13.8 Å². The van der Waals surface area contributed by atoms with Crippen molar-refractivity contribution in [3.63, 3.8) is 0 Å². The van der Waals surface area contributed by atoms with Crippen molar-refractivity contribution < 1.29 is 19.1 Å². The highest BCUT2D eigenvalue weighted by atomic mass is 79.9. The molecule has 1 saturated heterocycles. The molecular formula is C27H23BrN2O4S. The molecule has 0 unspecified atom stereocenters. The average Bonchev–Trinajstić information content (AvgIpc) is 3.09. The molecule has 0 spiro atoms.